The summed E-state index contributed by atoms with van der Waals surface area (Å²) in [6.45, 7) is 11.0. The van der Waals surface area contributed by atoms with Crippen molar-refractivity contribution < 1.29 is 4.74 Å². The second-order valence-corrected chi connectivity index (χ2v) is 4.84. The highest BCUT2D eigenvalue weighted by atomic mass is 16.5. The first-order valence-electron chi connectivity index (χ1n) is 6.86. The Bertz CT molecular complexity index is 384. The normalized spacial score (nSPS) is 14.2. The van der Waals surface area contributed by atoms with Gasteiger partial charge < -0.3 is 15.4 Å². The molecule has 0 saturated carbocycles. The fourth-order valence-corrected chi connectivity index (χ4v) is 2.30. The fraction of sp³-hybridized carbons (Fsp3) is 0.500. The van der Waals surface area contributed by atoms with Crippen LogP contribution in [0.3, 0.4) is 0 Å². The van der Waals surface area contributed by atoms with Gasteiger partial charge in [-0.25, -0.2) is 0 Å². The highest BCUT2D eigenvalue weighted by molar-refractivity contribution is 5.32. The van der Waals surface area contributed by atoms with Gasteiger partial charge in [0.1, 0.15) is 5.75 Å². The lowest BCUT2D eigenvalue weighted by atomic mass is 9.87. The number of nitrogens with zero attached hydrogens (tertiary/aromatic N) is 1. The molecular formula is C16H26N2O. The average Bonchev–Trinajstić information content (AvgIpc) is 2.45. The van der Waals surface area contributed by atoms with E-state index in [-0.39, 0.29) is 5.54 Å². The predicted molar refractivity (Wildman–Crippen MR) is 81.5 cm³/mol. The minimum Gasteiger partial charge on any atom is -0.497 e. The minimum atomic E-state index is -0.389. The maximum atomic E-state index is 6.62. The monoisotopic (exact) mass is 262 g/mol. The van der Waals surface area contributed by atoms with Crippen molar-refractivity contribution in [1.82, 2.24) is 4.90 Å². The third kappa shape index (κ3) is 4.08. The van der Waals surface area contributed by atoms with Crippen LogP contribution in [-0.2, 0) is 5.54 Å². The van der Waals surface area contributed by atoms with Gasteiger partial charge >= 0.3 is 0 Å². The summed E-state index contributed by atoms with van der Waals surface area (Å²) in [6, 6.07) is 8.02. The summed E-state index contributed by atoms with van der Waals surface area (Å²) in [5, 5.41) is 0. The summed E-state index contributed by atoms with van der Waals surface area (Å²) in [7, 11) is 1.67. The van der Waals surface area contributed by atoms with Gasteiger partial charge in [-0.2, -0.15) is 0 Å². The topological polar surface area (TPSA) is 38.5 Å². The van der Waals surface area contributed by atoms with Crippen LogP contribution < -0.4 is 10.5 Å². The number of methoxy groups -OCH3 is 1. The highest BCUT2D eigenvalue weighted by Crippen LogP contribution is 2.26. The first-order valence-corrected chi connectivity index (χ1v) is 6.86. The number of benzene rings is 1. The maximum absolute atomic E-state index is 6.62. The zero-order valence-electron chi connectivity index (χ0n) is 12.4. The molecule has 19 heavy (non-hydrogen) atoms. The van der Waals surface area contributed by atoms with E-state index in [1.807, 2.05) is 30.3 Å². The molecule has 2 N–H and O–H groups in total. The van der Waals surface area contributed by atoms with Crippen LogP contribution in [0.2, 0.25) is 0 Å². The molecule has 1 aromatic carbocycles. The summed E-state index contributed by atoms with van der Waals surface area (Å²) < 4.78 is 5.19. The van der Waals surface area contributed by atoms with E-state index in [9.17, 15) is 0 Å². The van der Waals surface area contributed by atoms with Crippen molar-refractivity contribution in [3.8, 4) is 5.75 Å². The van der Waals surface area contributed by atoms with Crippen molar-refractivity contribution >= 4 is 0 Å². The molecule has 3 nitrogen and oxygen atoms in total. The van der Waals surface area contributed by atoms with Crippen LogP contribution in [0.5, 0.6) is 5.75 Å². The van der Waals surface area contributed by atoms with Crippen molar-refractivity contribution in [3.63, 3.8) is 0 Å². The number of hydrogen-bond donors (Lipinski definition) is 1. The molecule has 1 unspecified atom stereocenters. The Morgan fingerprint density at radius 3 is 2.26 bits per heavy atom. The van der Waals surface area contributed by atoms with E-state index in [1.165, 1.54) is 0 Å². The smallest absolute Gasteiger partial charge is 0.118 e. The molecule has 0 aromatic heterocycles. The largest absolute Gasteiger partial charge is 0.497 e. The van der Waals surface area contributed by atoms with Crippen molar-refractivity contribution in [3.05, 3.63) is 42.5 Å². The molecule has 1 atom stereocenters. The van der Waals surface area contributed by atoms with E-state index in [0.717, 1.165) is 37.4 Å². The van der Waals surface area contributed by atoms with Crippen LogP contribution in [0.1, 0.15) is 25.8 Å². The van der Waals surface area contributed by atoms with Crippen LogP contribution >= 0.6 is 0 Å². The lowest BCUT2D eigenvalue weighted by Gasteiger charge is -2.34. The van der Waals surface area contributed by atoms with Crippen LogP contribution in [0.25, 0.3) is 0 Å². The van der Waals surface area contributed by atoms with Gasteiger partial charge in [0.05, 0.1) is 12.6 Å². The van der Waals surface area contributed by atoms with Gasteiger partial charge in [-0.05, 0) is 37.2 Å². The molecule has 0 aliphatic heterocycles. The zero-order valence-corrected chi connectivity index (χ0v) is 12.4. The summed E-state index contributed by atoms with van der Waals surface area (Å²) in [5.74, 6) is 0.854. The second kappa shape index (κ2) is 7.31. The lowest BCUT2D eigenvalue weighted by Crippen LogP contribution is -2.47. The van der Waals surface area contributed by atoms with E-state index in [0.29, 0.717) is 0 Å². The minimum absolute atomic E-state index is 0.389. The van der Waals surface area contributed by atoms with Crippen molar-refractivity contribution in [2.45, 2.75) is 25.8 Å². The molecule has 0 fully saturated rings. The average molecular weight is 262 g/mol. The molecule has 0 radical (unpaired) electrons. The van der Waals surface area contributed by atoms with E-state index >= 15 is 0 Å². The number of hydrogen-bond acceptors (Lipinski definition) is 3. The molecule has 1 rings (SSSR count). The van der Waals surface area contributed by atoms with E-state index < -0.39 is 0 Å². The van der Waals surface area contributed by atoms with Crippen LogP contribution in [0.4, 0.5) is 0 Å². The molecule has 0 amide bonds. The number of nitrogens with two attached hydrogens (primary N) is 1. The SMILES string of the molecule is C=CCC(N)(CN(CC)CC)c1ccc(OC)cc1. The Labute approximate surface area is 117 Å². The van der Waals surface area contributed by atoms with Crippen molar-refractivity contribution in [2.75, 3.05) is 26.7 Å². The third-order valence-corrected chi connectivity index (χ3v) is 3.57. The van der Waals surface area contributed by atoms with Crippen LogP contribution in [0.15, 0.2) is 36.9 Å². The molecule has 0 heterocycles. The van der Waals surface area contributed by atoms with Crippen LogP contribution in [-0.4, -0.2) is 31.6 Å². The fourth-order valence-electron chi connectivity index (χ4n) is 2.30. The number of likely N-dealkylation sites (N-methyl/N-ethyl adjacent to an activating group) is 1. The molecule has 0 spiro atoms. The molecule has 0 saturated heterocycles. The molecular weight excluding hydrogens is 236 g/mol. The van der Waals surface area contributed by atoms with Gasteiger partial charge in [-0.1, -0.05) is 32.1 Å². The number of rotatable bonds is 8. The molecule has 0 aliphatic rings. The van der Waals surface area contributed by atoms with Gasteiger partial charge in [0.25, 0.3) is 0 Å². The summed E-state index contributed by atoms with van der Waals surface area (Å²) >= 11 is 0. The van der Waals surface area contributed by atoms with Gasteiger partial charge in [0, 0.05) is 6.54 Å². The quantitative estimate of drug-likeness (QED) is 0.732. The van der Waals surface area contributed by atoms with Gasteiger partial charge in [0.2, 0.25) is 0 Å². The first kappa shape index (κ1) is 15.7. The van der Waals surface area contributed by atoms with Gasteiger partial charge in [0.15, 0.2) is 0 Å². The maximum Gasteiger partial charge on any atom is 0.118 e. The molecule has 1 aromatic rings. The second-order valence-electron chi connectivity index (χ2n) is 4.84. The molecule has 106 valence electrons. The Morgan fingerprint density at radius 1 is 1.26 bits per heavy atom. The third-order valence-electron chi connectivity index (χ3n) is 3.57. The van der Waals surface area contributed by atoms with Crippen molar-refractivity contribution in [2.24, 2.45) is 5.73 Å². The standard InChI is InChI=1S/C16H26N2O/c1-5-12-16(17,13-18(6-2)7-3)14-8-10-15(19-4)11-9-14/h5,8-11H,1,6-7,12-13,17H2,2-4H3. The summed E-state index contributed by atoms with van der Waals surface area (Å²) in [4.78, 5) is 2.34. The van der Waals surface area contributed by atoms with E-state index in [4.69, 9.17) is 10.5 Å². The van der Waals surface area contributed by atoms with E-state index in [2.05, 4.69) is 25.3 Å². The van der Waals surface area contributed by atoms with Gasteiger partial charge in [-0.15, -0.1) is 6.58 Å². The predicted octanol–water partition coefficient (Wildman–Crippen LogP) is 2.77. The lowest BCUT2D eigenvalue weighted by molar-refractivity contribution is 0.226. The van der Waals surface area contributed by atoms with Crippen LogP contribution in [0, 0.1) is 0 Å². The Balaban J connectivity index is 2.98. The zero-order chi connectivity index (χ0) is 14.3. The Hall–Kier alpha value is -1.32. The van der Waals surface area contributed by atoms with Crippen molar-refractivity contribution in [1.29, 1.82) is 0 Å². The Kier molecular flexibility index (Phi) is 6.06. The summed E-state index contributed by atoms with van der Waals surface area (Å²) in [6.07, 6.45) is 2.66. The number of ether oxygens (including phenoxy) is 1. The molecule has 0 bridgehead atoms. The first-order chi connectivity index (χ1) is 9.09. The highest BCUT2D eigenvalue weighted by Gasteiger charge is 2.27. The molecule has 3 heteroatoms. The summed E-state index contributed by atoms with van der Waals surface area (Å²) in [5.41, 5.74) is 7.36. The Morgan fingerprint density at radius 2 is 1.84 bits per heavy atom. The van der Waals surface area contributed by atoms with E-state index in [1.54, 1.807) is 7.11 Å². The molecule has 0 aliphatic carbocycles. The van der Waals surface area contributed by atoms with Gasteiger partial charge in [-0.3, -0.25) is 0 Å².